The molecule has 3 nitrogen and oxygen atoms in total. The zero-order valence-electron chi connectivity index (χ0n) is 11.4. The van der Waals surface area contributed by atoms with E-state index in [9.17, 15) is 0 Å². The first-order valence-electron chi connectivity index (χ1n) is 6.69. The van der Waals surface area contributed by atoms with Gasteiger partial charge in [-0.3, -0.25) is 0 Å². The van der Waals surface area contributed by atoms with Crippen molar-refractivity contribution in [2.45, 2.75) is 39.3 Å². The van der Waals surface area contributed by atoms with Crippen LogP contribution in [0.25, 0.3) is 0 Å². The average Bonchev–Trinajstić information content (AvgIpc) is 2.78. The molecule has 0 spiro atoms. The second-order valence-corrected chi connectivity index (χ2v) is 6.23. The van der Waals surface area contributed by atoms with Crippen molar-refractivity contribution in [2.24, 2.45) is 5.92 Å². The second-order valence-electron chi connectivity index (χ2n) is 5.31. The number of hydrogen-bond donors (Lipinski definition) is 1. The molecule has 1 aromatic heterocycles. The highest BCUT2D eigenvalue weighted by Gasteiger charge is 2.29. The Bertz CT molecular complexity index is 406. The number of nitrogens with zero attached hydrogens (tertiary/aromatic N) is 2. The fraction of sp³-hybridized carbons (Fsp3) is 0.643. The van der Waals surface area contributed by atoms with E-state index >= 15 is 0 Å². The molecule has 2 heterocycles. The van der Waals surface area contributed by atoms with Crippen molar-refractivity contribution >= 4 is 21.7 Å². The molecule has 1 saturated heterocycles. The van der Waals surface area contributed by atoms with Gasteiger partial charge in [0.25, 0.3) is 0 Å². The molecule has 0 saturated carbocycles. The molecule has 0 radical (unpaired) electrons. The summed E-state index contributed by atoms with van der Waals surface area (Å²) in [5.41, 5.74) is 1.28. The van der Waals surface area contributed by atoms with Crippen molar-refractivity contribution in [3.05, 3.63) is 22.3 Å². The van der Waals surface area contributed by atoms with E-state index in [0.717, 1.165) is 23.4 Å². The van der Waals surface area contributed by atoms with Crippen molar-refractivity contribution in [2.75, 3.05) is 18.5 Å². The van der Waals surface area contributed by atoms with Crippen molar-refractivity contribution in [3.63, 3.8) is 0 Å². The summed E-state index contributed by atoms with van der Waals surface area (Å²) in [7, 11) is 1.98. The molecule has 1 aliphatic heterocycles. The Hall–Kier alpha value is -0.610. The predicted molar refractivity (Wildman–Crippen MR) is 79.9 cm³/mol. The summed E-state index contributed by atoms with van der Waals surface area (Å²) in [6, 6.07) is 2.81. The maximum atomic E-state index is 4.65. The standard InChI is InChI=1S/C14H22BrN3/c1-10(2)13-5-4-6-18(13)14-11(8-16-3)7-12(15)9-17-14/h7,9-10,13,16H,4-6,8H2,1-3H3. The first-order valence-corrected chi connectivity index (χ1v) is 7.48. The summed E-state index contributed by atoms with van der Waals surface area (Å²) in [5.74, 6) is 1.84. The second kappa shape index (κ2) is 6.02. The lowest BCUT2D eigenvalue weighted by molar-refractivity contribution is 0.488. The number of aromatic nitrogens is 1. The maximum absolute atomic E-state index is 4.65. The minimum absolute atomic E-state index is 0.634. The highest BCUT2D eigenvalue weighted by atomic mass is 79.9. The minimum Gasteiger partial charge on any atom is -0.353 e. The van der Waals surface area contributed by atoms with Crippen LogP contribution in [0.2, 0.25) is 0 Å². The molecule has 1 aliphatic rings. The Kier molecular flexibility index (Phi) is 4.62. The van der Waals surface area contributed by atoms with Gasteiger partial charge in [-0.15, -0.1) is 0 Å². The minimum atomic E-state index is 0.634. The lowest BCUT2D eigenvalue weighted by atomic mass is 10.0. The maximum Gasteiger partial charge on any atom is 0.133 e. The molecule has 18 heavy (non-hydrogen) atoms. The molecule has 2 rings (SSSR count). The van der Waals surface area contributed by atoms with Crippen LogP contribution in [-0.2, 0) is 6.54 Å². The molecule has 4 heteroatoms. The first kappa shape index (κ1) is 13.8. The highest BCUT2D eigenvalue weighted by Crippen LogP contribution is 2.31. The van der Waals surface area contributed by atoms with Crippen molar-refractivity contribution in [1.29, 1.82) is 0 Å². The largest absolute Gasteiger partial charge is 0.353 e. The summed E-state index contributed by atoms with van der Waals surface area (Å²) in [4.78, 5) is 7.14. The predicted octanol–water partition coefficient (Wildman–Crippen LogP) is 3.19. The Morgan fingerprint density at radius 2 is 2.33 bits per heavy atom. The molecule has 1 aromatic rings. The van der Waals surface area contributed by atoms with E-state index in [4.69, 9.17) is 0 Å². The van der Waals surface area contributed by atoms with Crippen molar-refractivity contribution < 1.29 is 0 Å². The van der Waals surface area contributed by atoms with E-state index in [-0.39, 0.29) is 0 Å². The summed E-state index contributed by atoms with van der Waals surface area (Å²) in [6.07, 6.45) is 4.47. The van der Waals surface area contributed by atoms with E-state index in [0.29, 0.717) is 12.0 Å². The molecule has 1 unspecified atom stereocenters. The molecule has 0 aliphatic carbocycles. The lowest BCUT2D eigenvalue weighted by Gasteiger charge is -2.30. The van der Waals surface area contributed by atoms with Crippen molar-refractivity contribution in [3.8, 4) is 0 Å². The summed E-state index contributed by atoms with van der Waals surface area (Å²) in [5, 5.41) is 3.23. The smallest absolute Gasteiger partial charge is 0.133 e. The van der Waals surface area contributed by atoms with Crippen molar-refractivity contribution in [1.82, 2.24) is 10.3 Å². The third kappa shape index (κ3) is 2.86. The van der Waals surface area contributed by atoms with E-state index in [2.05, 4.69) is 51.0 Å². The summed E-state index contributed by atoms with van der Waals surface area (Å²) in [6.45, 7) is 6.61. The summed E-state index contributed by atoms with van der Waals surface area (Å²) >= 11 is 3.51. The molecule has 1 N–H and O–H groups in total. The Morgan fingerprint density at radius 1 is 1.56 bits per heavy atom. The third-order valence-corrected chi connectivity index (χ3v) is 4.05. The molecule has 1 atom stereocenters. The summed E-state index contributed by atoms with van der Waals surface area (Å²) < 4.78 is 1.05. The van der Waals surface area contributed by atoms with Crippen LogP contribution in [0.5, 0.6) is 0 Å². The topological polar surface area (TPSA) is 28.2 Å². The average molecular weight is 312 g/mol. The molecule has 0 amide bonds. The number of hydrogen-bond acceptors (Lipinski definition) is 3. The van der Waals surface area contributed by atoms with Crippen LogP contribution < -0.4 is 10.2 Å². The number of rotatable bonds is 4. The van der Waals surface area contributed by atoms with Gasteiger partial charge >= 0.3 is 0 Å². The van der Waals surface area contributed by atoms with Crippen LogP contribution in [-0.4, -0.2) is 24.6 Å². The quantitative estimate of drug-likeness (QED) is 0.925. The molecular weight excluding hydrogens is 290 g/mol. The normalized spacial score (nSPS) is 19.8. The van der Waals surface area contributed by atoms with Gasteiger partial charge in [-0.2, -0.15) is 0 Å². The molecular formula is C14H22BrN3. The van der Waals surface area contributed by atoms with Gasteiger partial charge in [0.15, 0.2) is 0 Å². The molecule has 0 bridgehead atoms. The van der Waals surface area contributed by atoms with Gasteiger partial charge in [-0.25, -0.2) is 4.98 Å². The lowest BCUT2D eigenvalue weighted by Crippen LogP contribution is -2.35. The third-order valence-electron chi connectivity index (χ3n) is 3.62. The Morgan fingerprint density at radius 3 is 3.00 bits per heavy atom. The first-order chi connectivity index (χ1) is 8.63. The zero-order valence-corrected chi connectivity index (χ0v) is 13.0. The number of nitrogens with one attached hydrogen (secondary N) is 1. The number of halogens is 1. The number of pyridine rings is 1. The van der Waals surface area contributed by atoms with Gasteiger partial charge in [0.05, 0.1) is 0 Å². The van der Waals surface area contributed by atoms with E-state index in [1.807, 2.05) is 13.2 Å². The van der Waals surface area contributed by atoms with Gasteiger partial charge < -0.3 is 10.2 Å². The Balaban J connectivity index is 2.31. The SMILES string of the molecule is CNCc1cc(Br)cnc1N1CCCC1C(C)C. The van der Waals surface area contributed by atoms with E-state index < -0.39 is 0 Å². The van der Waals surface area contributed by atoms with Crippen LogP contribution in [0, 0.1) is 5.92 Å². The fourth-order valence-corrected chi connectivity index (χ4v) is 3.18. The molecule has 1 fully saturated rings. The van der Waals surface area contributed by atoms with Gasteiger partial charge in [0.1, 0.15) is 5.82 Å². The number of anilines is 1. The van der Waals surface area contributed by atoms with Crippen LogP contribution in [0.1, 0.15) is 32.3 Å². The van der Waals surface area contributed by atoms with Crippen LogP contribution >= 0.6 is 15.9 Å². The van der Waals surface area contributed by atoms with Crippen LogP contribution in [0.3, 0.4) is 0 Å². The van der Waals surface area contributed by atoms with Gasteiger partial charge in [-0.1, -0.05) is 13.8 Å². The highest BCUT2D eigenvalue weighted by molar-refractivity contribution is 9.10. The van der Waals surface area contributed by atoms with Gasteiger partial charge in [-0.05, 0) is 47.8 Å². The van der Waals surface area contributed by atoms with E-state index in [1.54, 1.807) is 0 Å². The van der Waals surface area contributed by atoms with Crippen LogP contribution in [0.15, 0.2) is 16.7 Å². The zero-order chi connectivity index (χ0) is 13.1. The van der Waals surface area contributed by atoms with Crippen LogP contribution in [0.4, 0.5) is 5.82 Å². The van der Waals surface area contributed by atoms with E-state index in [1.165, 1.54) is 18.4 Å². The monoisotopic (exact) mass is 311 g/mol. The Labute approximate surface area is 118 Å². The van der Waals surface area contributed by atoms with Gasteiger partial charge in [0, 0.05) is 35.4 Å². The van der Waals surface area contributed by atoms with Gasteiger partial charge in [0.2, 0.25) is 0 Å². The molecule has 0 aromatic carbocycles. The fourth-order valence-electron chi connectivity index (χ4n) is 2.80. The molecule has 100 valence electrons.